The summed E-state index contributed by atoms with van der Waals surface area (Å²) >= 11 is 0. The van der Waals surface area contributed by atoms with Gasteiger partial charge >= 0.3 is 6.36 Å². The summed E-state index contributed by atoms with van der Waals surface area (Å²) in [6, 6.07) is 12.4. The van der Waals surface area contributed by atoms with Crippen LogP contribution in [0.15, 0.2) is 60.8 Å². The minimum atomic E-state index is -4.89. The van der Waals surface area contributed by atoms with Crippen molar-refractivity contribution in [1.82, 2.24) is 15.1 Å². The zero-order chi connectivity index (χ0) is 24.2. The van der Waals surface area contributed by atoms with Crippen molar-refractivity contribution in [2.75, 3.05) is 0 Å². The average molecular weight is 460 g/mol. The molecule has 1 aromatic heterocycles. The number of alkyl halides is 3. The van der Waals surface area contributed by atoms with Crippen LogP contribution in [0, 0.1) is 0 Å². The largest absolute Gasteiger partial charge is 0.573 e. The van der Waals surface area contributed by atoms with Crippen molar-refractivity contribution in [3.8, 4) is 17.0 Å². The lowest BCUT2D eigenvalue weighted by Crippen LogP contribution is -2.47. The minimum Gasteiger partial charge on any atom is -0.406 e. The fraction of sp³-hybridized carbons (Fsp3) is 0.182. The standard InChI is InChI=1S/C22H19F3N4O4/c1-29-12-16(18(28-29)14-8-5-9-15(11-14)33-22(23,24)25)21(32)27-17(19(30)20(26)31)10-13-6-3-2-4-7-13/h2-9,11-12,17H,10H2,1H3,(H2,26,31)(H,27,32)/t17-/m0/s1. The third kappa shape index (κ3) is 6.19. The van der Waals surface area contributed by atoms with E-state index in [1.54, 1.807) is 30.3 Å². The first-order valence-corrected chi connectivity index (χ1v) is 9.62. The molecule has 0 radical (unpaired) electrons. The zero-order valence-electron chi connectivity index (χ0n) is 17.3. The predicted octanol–water partition coefficient (Wildman–Crippen LogP) is 2.38. The molecule has 0 saturated carbocycles. The molecule has 0 bridgehead atoms. The maximum atomic E-state index is 13.0. The van der Waals surface area contributed by atoms with E-state index in [1.807, 2.05) is 0 Å². The van der Waals surface area contributed by atoms with Crippen molar-refractivity contribution >= 4 is 17.6 Å². The lowest BCUT2D eigenvalue weighted by Gasteiger charge is -2.16. The number of amides is 2. The number of aromatic nitrogens is 2. The molecule has 33 heavy (non-hydrogen) atoms. The molecule has 0 unspecified atom stereocenters. The van der Waals surface area contributed by atoms with Gasteiger partial charge in [0, 0.05) is 25.2 Å². The van der Waals surface area contributed by atoms with Gasteiger partial charge in [-0.1, -0.05) is 42.5 Å². The summed E-state index contributed by atoms with van der Waals surface area (Å²) in [6.07, 6.45) is -3.53. The number of rotatable bonds is 8. The first-order chi connectivity index (χ1) is 15.5. The Kier molecular flexibility index (Phi) is 6.80. The van der Waals surface area contributed by atoms with Gasteiger partial charge in [-0.05, 0) is 17.7 Å². The maximum Gasteiger partial charge on any atom is 0.573 e. The average Bonchev–Trinajstić information content (AvgIpc) is 3.14. The van der Waals surface area contributed by atoms with E-state index < -0.39 is 35.8 Å². The number of hydrogen-bond donors (Lipinski definition) is 2. The molecule has 1 atom stereocenters. The second-order valence-corrected chi connectivity index (χ2v) is 7.08. The molecule has 3 rings (SSSR count). The minimum absolute atomic E-state index is 0.0128. The molecule has 2 aromatic carbocycles. The molecule has 0 saturated heterocycles. The first kappa shape index (κ1) is 23.5. The molecule has 3 aromatic rings. The van der Waals surface area contributed by atoms with E-state index in [-0.39, 0.29) is 23.2 Å². The molecule has 8 nitrogen and oxygen atoms in total. The Morgan fingerprint density at radius 1 is 1.12 bits per heavy atom. The number of nitrogens with two attached hydrogens (primary N) is 1. The quantitative estimate of drug-likeness (QED) is 0.501. The topological polar surface area (TPSA) is 116 Å². The van der Waals surface area contributed by atoms with Crippen molar-refractivity contribution in [2.24, 2.45) is 12.8 Å². The fourth-order valence-corrected chi connectivity index (χ4v) is 3.18. The van der Waals surface area contributed by atoms with Gasteiger partial charge < -0.3 is 15.8 Å². The number of carbonyl (C=O) groups is 3. The van der Waals surface area contributed by atoms with E-state index in [0.717, 1.165) is 12.1 Å². The number of nitrogens with zero attached hydrogens (tertiary/aromatic N) is 2. The van der Waals surface area contributed by atoms with Gasteiger partial charge in [-0.15, -0.1) is 13.2 Å². The first-order valence-electron chi connectivity index (χ1n) is 9.62. The Labute approximate surface area is 186 Å². The van der Waals surface area contributed by atoms with Gasteiger partial charge in [0.1, 0.15) is 17.5 Å². The normalized spacial score (nSPS) is 12.1. The van der Waals surface area contributed by atoms with Crippen molar-refractivity contribution in [1.29, 1.82) is 0 Å². The van der Waals surface area contributed by atoms with Crippen LogP contribution in [0.25, 0.3) is 11.3 Å². The predicted molar refractivity (Wildman–Crippen MR) is 111 cm³/mol. The van der Waals surface area contributed by atoms with Crippen LogP contribution in [0.2, 0.25) is 0 Å². The number of halogens is 3. The Morgan fingerprint density at radius 3 is 2.45 bits per heavy atom. The van der Waals surface area contributed by atoms with Crippen LogP contribution in [-0.4, -0.2) is 39.8 Å². The molecule has 172 valence electrons. The molecule has 0 aliphatic carbocycles. The molecule has 2 amide bonds. The number of ether oxygens (including phenoxy) is 1. The monoisotopic (exact) mass is 460 g/mol. The smallest absolute Gasteiger partial charge is 0.406 e. The number of ketones is 1. The molecule has 0 spiro atoms. The van der Waals surface area contributed by atoms with E-state index in [2.05, 4.69) is 15.2 Å². The maximum absolute atomic E-state index is 13.0. The Balaban J connectivity index is 1.90. The lowest BCUT2D eigenvalue weighted by atomic mass is 10.0. The van der Waals surface area contributed by atoms with Gasteiger partial charge in [-0.3, -0.25) is 19.1 Å². The van der Waals surface area contributed by atoms with Gasteiger partial charge in [0.25, 0.3) is 11.8 Å². The van der Waals surface area contributed by atoms with Crippen LogP contribution in [0.3, 0.4) is 0 Å². The van der Waals surface area contributed by atoms with Gasteiger partial charge in [0.05, 0.1) is 5.56 Å². The summed E-state index contributed by atoms with van der Waals surface area (Å²) in [5.41, 5.74) is 6.05. The molecule has 0 aliphatic heterocycles. The SMILES string of the molecule is Cn1cc(C(=O)N[C@@H](Cc2ccccc2)C(=O)C(N)=O)c(-c2cccc(OC(F)(F)F)c2)n1. The second-order valence-electron chi connectivity index (χ2n) is 7.08. The Morgan fingerprint density at radius 2 is 1.82 bits per heavy atom. The number of nitrogens with one attached hydrogen (secondary N) is 1. The van der Waals surface area contributed by atoms with Crippen molar-refractivity contribution in [3.63, 3.8) is 0 Å². The summed E-state index contributed by atoms with van der Waals surface area (Å²) in [5.74, 6) is -3.43. The van der Waals surface area contributed by atoms with Gasteiger partial charge in [-0.2, -0.15) is 5.10 Å². The summed E-state index contributed by atoms with van der Waals surface area (Å²) in [7, 11) is 1.52. The van der Waals surface area contributed by atoms with E-state index in [9.17, 15) is 27.6 Å². The van der Waals surface area contributed by atoms with E-state index >= 15 is 0 Å². The Hall–Kier alpha value is -4.15. The van der Waals surface area contributed by atoms with Crippen LogP contribution in [0.1, 0.15) is 15.9 Å². The molecule has 3 N–H and O–H groups in total. The summed E-state index contributed by atoms with van der Waals surface area (Å²) in [5, 5.41) is 6.64. The summed E-state index contributed by atoms with van der Waals surface area (Å²) in [6.45, 7) is 0. The second kappa shape index (κ2) is 9.55. The fourth-order valence-electron chi connectivity index (χ4n) is 3.18. The van der Waals surface area contributed by atoms with Crippen molar-refractivity contribution < 1.29 is 32.3 Å². The highest BCUT2D eigenvalue weighted by Crippen LogP contribution is 2.29. The Bertz CT molecular complexity index is 1180. The van der Waals surface area contributed by atoms with Gasteiger partial charge in [0.15, 0.2) is 0 Å². The summed E-state index contributed by atoms with van der Waals surface area (Å²) in [4.78, 5) is 36.8. The number of aryl methyl sites for hydroxylation is 1. The van der Waals surface area contributed by atoms with Crippen LogP contribution < -0.4 is 15.8 Å². The molecule has 0 fully saturated rings. The molecule has 0 aliphatic rings. The van der Waals surface area contributed by atoms with Crippen LogP contribution in [0.5, 0.6) is 5.75 Å². The van der Waals surface area contributed by atoms with E-state index in [0.29, 0.717) is 5.56 Å². The summed E-state index contributed by atoms with van der Waals surface area (Å²) < 4.78 is 42.9. The van der Waals surface area contributed by atoms with Gasteiger partial charge in [0.2, 0.25) is 5.78 Å². The lowest BCUT2D eigenvalue weighted by molar-refractivity contribution is -0.274. The van der Waals surface area contributed by atoms with Crippen LogP contribution in [0.4, 0.5) is 13.2 Å². The highest BCUT2D eigenvalue weighted by molar-refractivity contribution is 6.38. The van der Waals surface area contributed by atoms with Crippen LogP contribution in [-0.2, 0) is 23.1 Å². The third-order valence-corrected chi connectivity index (χ3v) is 4.56. The zero-order valence-corrected chi connectivity index (χ0v) is 17.3. The highest BCUT2D eigenvalue weighted by atomic mass is 19.4. The van der Waals surface area contributed by atoms with Gasteiger partial charge in [-0.25, -0.2) is 0 Å². The number of carbonyl (C=O) groups excluding carboxylic acids is 3. The van der Waals surface area contributed by atoms with E-state index in [4.69, 9.17) is 5.73 Å². The number of primary amides is 1. The van der Waals surface area contributed by atoms with Crippen molar-refractivity contribution in [3.05, 3.63) is 71.9 Å². The molecule has 11 heteroatoms. The molecular weight excluding hydrogens is 441 g/mol. The number of hydrogen-bond acceptors (Lipinski definition) is 5. The third-order valence-electron chi connectivity index (χ3n) is 4.56. The van der Waals surface area contributed by atoms with Crippen molar-refractivity contribution in [2.45, 2.75) is 18.8 Å². The van der Waals surface area contributed by atoms with E-state index in [1.165, 1.54) is 30.1 Å². The molecule has 1 heterocycles. The number of benzene rings is 2. The molecular formula is C22H19F3N4O4. The number of Topliss-reactive ketones (excluding diaryl/α,β-unsaturated/α-hetero) is 1. The highest BCUT2D eigenvalue weighted by Gasteiger charge is 2.31. The van der Waals surface area contributed by atoms with Crippen LogP contribution >= 0.6 is 0 Å².